The molecule has 3 amide bonds. The molecule has 0 radical (unpaired) electrons. The largest absolute Gasteiger partial charge is 0.354 e. The average Bonchev–Trinajstić information content (AvgIpc) is 2.72. The molecule has 1 aliphatic heterocycles. The summed E-state index contributed by atoms with van der Waals surface area (Å²) < 4.78 is 0. The maximum Gasteiger partial charge on any atom is 0.317 e. The molecule has 2 rings (SSSR count). The van der Waals surface area contributed by atoms with E-state index in [1.807, 2.05) is 18.7 Å². The number of urea groups is 1. The van der Waals surface area contributed by atoms with Crippen LogP contribution >= 0.6 is 0 Å². The first kappa shape index (κ1) is 18.1. The van der Waals surface area contributed by atoms with Crippen LogP contribution in [0.5, 0.6) is 0 Å². The zero-order chi connectivity index (χ0) is 16.7. The third kappa shape index (κ3) is 5.70. The summed E-state index contributed by atoms with van der Waals surface area (Å²) in [5.41, 5.74) is 0.362. The van der Waals surface area contributed by atoms with Gasteiger partial charge in [-0.25, -0.2) is 4.79 Å². The van der Waals surface area contributed by atoms with Crippen molar-refractivity contribution in [1.82, 2.24) is 15.5 Å². The Bertz CT molecular complexity index is 401. The molecule has 0 aromatic rings. The highest BCUT2D eigenvalue weighted by molar-refractivity contribution is 5.78. The number of hydrogen-bond donors (Lipinski definition) is 2. The van der Waals surface area contributed by atoms with Crippen molar-refractivity contribution in [3.05, 3.63) is 0 Å². The van der Waals surface area contributed by atoms with Gasteiger partial charge in [0.05, 0.1) is 0 Å². The molecule has 1 aliphatic carbocycles. The minimum atomic E-state index is -0.000757. The second kappa shape index (κ2) is 8.55. The predicted molar refractivity (Wildman–Crippen MR) is 92.2 cm³/mol. The van der Waals surface area contributed by atoms with Crippen LogP contribution in [0.1, 0.15) is 71.6 Å². The van der Waals surface area contributed by atoms with Gasteiger partial charge in [0.25, 0.3) is 0 Å². The van der Waals surface area contributed by atoms with Crippen molar-refractivity contribution in [2.45, 2.75) is 77.7 Å². The van der Waals surface area contributed by atoms with Gasteiger partial charge < -0.3 is 15.5 Å². The average molecular weight is 323 g/mol. The quantitative estimate of drug-likeness (QED) is 0.835. The van der Waals surface area contributed by atoms with E-state index in [0.717, 1.165) is 19.5 Å². The molecule has 23 heavy (non-hydrogen) atoms. The summed E-state index contributed by atoms with van der Waals surface area (Å²) >= 11 is 0. The zero-order valence-electron chi connectivity index (χ0n) is 14.8. The number of likely N-dealkylation sites (tertiary alicyclic amines) is 1. The fraction of sp³-hybridized carbons (Fsp3) is 0.889. The molecule has 0 aromatic heterocycles. The lowest BCUT2D eigenvalue weighted by Crippen LogP contribution is -2.50. The molecular formula is C18H33N3O2. The number of hydrogen-bond acceptors (Lipinski definition) is 2. The van der Waals surface area contributed by atoms with Gasteiger partial charge >= 0.3 is 6.03 Å². The van der Waals surface area contributed by atoms with E-state index in [-0.39, 0.29) is 18.0 Å². The van der Waals surface area contributed by atoms with E-state index in [1.54, 1.807) is 0 Å². The van der Waals surface area contributed by atoms with E-state index in [0.29, 0.717) is 18.4 Å². The summed E-state index contributed by atoms with van der Waals surface area (Å²) in [6.45, 7) is 6.05. The minimum absolute atomic E-state index is 0.000757. The topological polar surface area (TPSA) is 61.4 Å². The number of amides is 3. The third-order valence-electron chi connectivity index (χ3n) is 5.19. The van der Waals surface area contributed by atoms with E-state index in [9.17, 15) is 9.59 Å². The van der Waals surface area contributed by atoms with E-state index in [2.05, 4.69) is 10.6 Å². The van der Waals surface area contributed by atoms with Gasteiger partial charge in [-0.1, -0.05) is 25.7 Å². The van der Waals surface area contributed by atoms with Gasteiger partial charge in [0.2, 0.25) is 5.91 Å². The fourth-order valence-corrected chi connectivity index (χ4v) is 4.06. The van der Waals surface area contributed by atoms with Crippen molar-refractivity contribution in [2.24, 2.45) is 5.41 Å². The Hall–Kier alpha value is -1.26. The van der Waals surface area contributed by atoms with Crippen LogP contribution in [0, 0.1) is 5.41 Å². The van der Waals surface area contributed by atoms with E-state index in [1.165, 1.54) is 44.9 Å². The molecule has 1 heterocycles. The molecule has 1 saturated heterocycles. The lowest BCUT2D eigenvalue weighted by atomic mass is 9.74. The second-order valence-electron chi connectivity index (χ2n) is 7.64. The molecule has 1 saturated carbocycles. The Balaban J connectivity index is 1.76. The Morgan fingerprint density at radius 3 is 2.35 bits per heavy atom. The molecule has 5 nitrogen and oxygen atoms in total. The van der Waals surface area contributed by atoms with Crippen molar-refractivity contribution in [3.63, 3.8) is 0 Å². The van der Waals surface area contributed by atoms with E-state index >= 15 is 0 Å². The molecule has 2 N–H and O–H groups in total. The number of rotatable bonds is 4. The first-order chi connectivity index (χ1) is 11.0. The summed E-state index contributed by atoms with van der Waals surface area (Å²) in [6.07, 6.45) is 10.6. The van der Waals surface area contributed by atoms with Gasteiger partial charge in [-0.05, 0) is 44.9 Å². The summed E-state index contributed by atoms with van der Waals surface area (Å²) in [4.78, 5) is 26.0. The molecule has 2 fully saturated rings. The van der Waals surface area contributed by atoms with Crippen LogP contribution < -0.4 is 10.6 Å². The molecule has 0 aromatic carbocycles. The predicted octanol–water partition coefficient (Wildman–Crippen LogP) is 3.05. The van der Waals surface area contributed by atoms with Crippen molar-refractivity contribution in [3.8, 4) is 0 Å². The number of piperidine rings is 1. The van der Waals surface area contributed by atoms with Crippen LogP contribution in [0.2, 0.25) is 0 Å². The van der Waals surface area contributed by atoms with Crippen LogP contribution in [0.3, 0.4) is 0 Å². The number of nitrogens with zero attached hydrogens (tertiary/aromatic N) is 1. The number of nitrogens with one attached hydrogen (secondary N) is 2. The van der Waals surface area contributed by atoms with Gasteiger partial charge in [0.1, 0.15) is 0 Å². The van der Waals surface area contributed by atoms with Crippen LogP contribution in [0.4, 0.5) is 4.79 Å². The highest BCUT2D eigenvalue weighted by Gasteiger charge is 2.37. The van der Waals surface area contributed by atoms with E-state index in [4.69, 9.17) is 0 Å². The first-order valence-electron chi connectivity index (χ1n) is 9.33. The lowest BCUT2D eigenvalue weighted by molar-refractivity contribution is -0.121. The lowest BCUT2D eigenvalue weighted by Gasteiger charge is -2.42. The Morgan fingerprint density at radius 1 is 1.04 bits per heavy atom. The molecule has 0 atom stereocenters. The number of carbonyl (C=O) groups is 2. The zero-order valence-corrected chi connectivity index (χ0v) is 14.8. The molecule has 1 spiro atoms. The Labute approximate surface area is 140 Å². The highest BCUT2D eigenvalue weighted by Crippen LogP contribution is 2.42. The number of carbonyl (C=O) groups excluding carboxylic acids is 2. The summed E-state index contributed by atoms with van der Waals surface area (Å²) in [6, 6.07) is 0.154. The first-order valence-corrected chi connectivity index (χ1v) is 9.33. The van der Waals surface area contributed by atoms with Crippen molar-refractivity contribution in [2.75, 3.05) is 19.6 Å². The Kier molecular flexibility index (Phi) is 6.72. The molecule has 132 valence electrons. The van der Waals surface area contributed by atoms with Crippen LogP contribution in [-0.2, 0) is 4.79 Å². The normalized spacial score (nSPS) is 21.1. The molecule has 2 aliphatic rings. The van der Waals surface area contributed by atoms with E-state index < -0.39 is 0 Å². The second-order valence-corrected chi connectivity index (χ2v) is 7.64. The smallest absolute Gasteiger partial charge is 0.317 e. The standard InChI is InChI=1S/C18H33N3O2/c1-15(2)20-16(22)8-12-19-17(23)21-13-7-11-18(14-21)9-5-3-4-6-10-18/h15H,3-14H2,1-2H3,(H,19,23)(H,20,22). The van der Waals surface area contributed by atoms with Gasteiger partial charge in [0.15, 0.2) is 0 Å². The molecule has 0 bridgehead atoms. The molecule has 0 unspecified atom stereocenters. The van der Waals surface area contributed by atoms with Crippen molar-refractivity contribution in [1.29, 1.82) is 0 Å². The maximum atomic E-state index is 12.4. The molecule has 5 heteroatoms. The van der Waals surface area contributed by atoms with Gasteiger partial charge in [-0.3, -0.25) is 4.79 Å². The minimum Gasteiger partial charge on any atom is -0.354 e. The Morgan fingerprint density at radius 2 is 1.70 bits per heavy atom. The van der Waals surface area contributed by atoms with Crippen LogP contribution in [0.15, 0.2) is 0 Å². The van der Waals surface area contributed by atoms with Crippen LogP contribution in [-0.4, -0.2) is 42.5 Å². The van der Waals surface area contributed by atoms with Crippen molar-refractivity contribution < 1.29 is 9.59 Å². The third-order valence-corrected chi connectivity index (χ3v) is 5.19. The van der Waals surface area contributed by atoms with Gasteiger partial charge in [-0.15, -0.1) is 0 Å². The molecular weight excluding hydrogens is 290 g/mol. The van der Waals surface area contributed by atoms with Crippen molar-refractivity contribution >= 4 is 11.9 Å². The van der Waals surface area contributed by atoms with Gasteiger partial charge in [0, 0.05) is 32.1 Å². The maximum absolute atomic E-state index is 12.4. The van der Waals surface area contributed by atoms with Gasteiger partial charge in [-0.2, -0.15) is 0 Å². The highest BCUT2D eigenvalue weighted by atomic mass is 16.2. The summed E-state index contributed by atoms with van der Waals surface area (Å²) in [7, 11) is 0. The summed E-state index contributed by atoms with van der Waals surface area (Å²) in [5, 5.41) is 5.77. The SMILES string of the molecule is CC(C)NC(=O)CCNC(=O)N1CCCC2(CCCCCC2)C1. The fourth-order valence-electron chi connectivity index (χ4n) is 4.06. The van der Waals surface area contributed by atoms with Crippen LogP contribution in [0.25, 0.3) is 0 Å². The summed E-state index contributed by atoms with van der Waals surface area (Å²) in [5.74, 6) is -0.000757. The monoisotopic (exact) mass is 323 g/mol.